The van der Waals surface area contributed by atoms with Crippen molar-refractivity contribution < 1.29 is 4.74 Å². The predicted octanol–water partition coefficient (Wildman–Crippen LogP) is 32.8. The third-order valence-corrected chi connectivity index (χ3v) is 25.0. The first-order valence-corrected chi connectivity index (χ1v) is 42.0. The number of benzene rings is 13. The molecule has 0 radical (unpaired) electrons. The van der Waals surface area contributed by atoms with Crippen LogP contribution in [0.25, 0.3) is 86.2 Å². The highest BCUT2D eigenvalue weighted by Crippen LogP contribution is 2.48. The van der Waals surface area contributed by atoms with Crippen LogP contribution < -0.4 is 4.74 Å². The van der Waals surface area contributed by atoms with E-state index in [0.29, 0.717) is 11.3 Å². The van der Waals surface area contributed by atoms with E-state index in [1.165, 1.54) is 211 Å². The molecule has 2 fully saturated rings. The highest BCUT2D eigenvalue weighted by Gasteiger charge is 2.32. The standard InChI is InChI=1S/C23H28.C23H32.C22H26.C21H28.C20H22O/c1-15-18-12-16-10-8-9-11-17(16)13-19(18)21(23(5,6)7)14-20(15)22(2,3)4;1-16-18-9-7-8-10-19(18)20(15-21(16)22(2,3)4)17-11-13-23(5,6)14-12-17;1-14(2)18-13-21(22(4,5)6)15(3)19-11-16-9-7-8-10-17(16)12-20(18)19;1-15-17-12-8-9-13-18(17)19(14-20(15)21(2,3)4)16-10-6-5-7-11-16;1-13-16-10-14-8-6-7-9-15(14)11-17(16)19(21-5)12-18(13)20(2,3)4/h8-14H,1-7H3;7-10,15,17H,11-14H2,1-6H3;7-14H,1-6H3;8-9,12-14,16H,5-7,10-11H2,1-4H3;6-12H,1-5H3. The quantitative estimate of drug-likeness (QED) is 0.160. The molecule has 0 unspecified atom stereocenters. The van der Waals surface area contributed by atoms with Gasteiger partial charge in [0.25, 0.3) is 0 Å². The van der Waals surface area contributed by atoms with Crippen LogP contribution in [0.3, 0.4) is 0 Å². The summed E-state index contributed by atoms with van der Waals surface area (Å²) in [5.74, 6) is 3.00. The topological polar surface area (TPSA) is 9.23 Å². The van der Waals surface area contributed by atoms with E-state index in [-0.39, 0.29) is 32.5 Å². The van der Waals surface area contributed by atoms with Crippen LogP contribution in [0, 0.1) is 40.0 Å². The van der Waals surface area contributed by atoms with Gasteiger partial charge in [0.15, 0.2) is 0 Å². The molecule has 578 valence electrons. The number of hydrogen-bond acceptors (Lipinski definition) is 1. The molecule has 0 aromatic heterocycles. The van der Waals surface area contributed by atoms with Crippen LogP contribution in [0.15, 0.2) is 188 Å². The van der Waals surface area contributed by atoms with Crippen LogP contribution in [-0.4, -0.2) is 7.11 Å². The maximum atomic E-state index is 5.67. The molecule has 0 aliphatic heterocycles. The summed E-state index contributed by atoms with van der Waals surface area (Å²) >= 11 is 0. The second-order valence-electron chi connectivity index (χ2n) is 40.5. The number of hydrogen-bond donors (Lipinski definition) is 0. The van der Waals surface area contributed by atoms with E-state index in [2.05, 4.69) is 375 Å². The van der Waals surface area contributed by atoms with Crippen LogP contribution in [-0.2, 0) is 32.5 Å². The third-order valence-electron chi connectivity index (χ3n) is 25.0. The van der Waals surface area contributed by atoms with Crippen LogP contribution >= 0.6 is 0 Å². The van der Waals surface area contributed by atoms with Gasteiger partial charge in [0.2, 0.25) is 0 Å². The molecular weight excluding hydrogens is 1330 g/mol. The second-order valence-corrected chi connectivity index (χ2v) is 40.5. The smallest absolute Gasteiger partial charge is 0.127 e. The lowest BCUT2D eigenvalue weighted by atomic mass is 9.69. The Morgan fingerprint density at radius 3 is 0.936 bits per heavy atom. The van der Waals surface area contributed by atoms with Gasteiger partial charge in [-0.1, -0.05) is 317 Å². The summed E-state index contributed by atoms with van der Waals surface area (Å²) in [6.45, 7) is 62.5. The summed E-state index contributed by atoms with van der Waals surface area (Å²) in [5, 5.41) is 21.9. The minimum Gasteiger partial charge on any atom is -0.496 e. The molecular formula is C109H136O. The average Bonchev–Trinajstić information content (AvgIpc) is 0.767. The van der Waals surface area contributed by atoms with E-state index < -0.39 is 0 Å². The van der Waals surface area contributed by atoms with Crippen molar-refractivity contribution in [3.05, 3.63) is 266 Å². The van der Waals surface area contributed by atoms with Crippen LogP contribution in [0.5, 0.6) is 5.75 Å². The Morgan fingerprint density at radius 2 is 0.573 bits per heavy atom. The molecule has 0 amide bonds. The van der Waals surface area contributed by atoms with E-state index in [1.54, 1.807) is 18.2 Å². The largest absolute Gasteiger partial charge is 0.496 e. The second kappa shape index (κ2) is 32.1. The molecule has 0 bridgehead atoms. The lowest BCUT2D eigenvalue weighted by Gasteiger charge is -2.36. The van der Waals surface area contributed by atoms with Crippen LogP contribution in [0.1, 0.15) is 306 Å². The first kappa shape index (κ1) is 82.7. The highest BCUT2D eigenvalue weighted by molar-refractivity contribution is 6.05. The summed E-state index contributed by atoms with van der Waals surface area (Å²) in [6.07, 6.45) is 12.3. The van der Waals surface area contributed by atoms with Gasteiger partial charge in [-0.05, 0) is 330 Å². The van der Waals surface area contributed by atoms with E-state index in [1.807, 2.05) is 0 Å². The van der Waals surface area contributed by atoms with Gasteiger partial charge in [-0.2, -0.15) is 0 Å². The van der Waals surface area contributed by atoms with E-state index >= 15 is 0 Å². The Hall–Kier alpha value is -8.26. The van der Waals surface area contributed by atoms with Crippen LogP contribution in [0.2, 0.25) is 0 Å². The van der Waals surface area contributed by atoms with E-state index in [9.17, 15) is 0 Å². The van der Waals surface area contributed by atoms with Gasteiger partial charge in [-0.15, -0.1) is 0 Å². The zero-order chi connectivity index (χ0) is 80.1. The van der Waals surface area contributed by atoms with Gasteiger partial charge in [0, 0.05) is 5.39 Å². The molecule has 13 aromatic carbocycles. The molecule has 2 aliphatic carbocycles. The monoisotopic (exact) mass is 1460 g/mol. The fourth-order valence-electron chi connectivity index (χ4n) is 18.8. The summed E-state index contributed by atoms with van der Waals surface area (Å²) in [5.41, 5.74) is 22.1. The highest BCUT2D eigenvalue weighted by atomic mass is 16.5. The molecule has 15 rings (SSSR count). The van der Waals surface area contributed by atoms with E-state index in [4.69, 9.17) is 4.74 Å². The molecule has 13 aromatic rings. The van der Waals surface area contributed by atoms with Crippen LogP contribution in [0.4, 0.5) is 0 Å². The van der Waals surface area contributed by atoms with Crippen molar-refractivity contribution in [3.63, 3.8) is 0 Å². The number of ether oxygens (including phenoxy) is 1. The Kier molecular flexibility index (Phi) is 24.1. The van der Waals surface area contributed by atoms with Crippen molar-refractivity contribution in [2.75, 3.05) is 7.11 Å². The number of aryl methyl sites for hydroxylation is 5. The van der Waals surface area contributed by atoms with Crippen molar-refractivity contribution in [1.29, 1.82) is 0 Å². The Balaban J connectivity index is 0.000000136. The van der Waals surface area contributed by atoms with Gasteiger partial charge < -0.3 is 4.74 Å². The summed E-state index contributed by atoms with van der Waals surface area (Å²) in [6, 6.07) is 70.1. The molecule has 0 N–H and O–H groups in total. The minimum atomic E-state index is 0.108. The van der Waals surface area contributed by atoms with Crippen molar-refractivity contribution in [2.45, 2.75) is 295 Å². The molecule has 0 atom stereocenters. The summed E-state index contributed by atoms with van der Waals surface area (Å²) in [7, 11) is 1.76. The molecule has 110 heavy (non-hydrogen) atoms. The van der Waals surface area contributed by atoms with Gasteiger partial charge >= 0.3 is 0 Å². The van der Waals surface area contributed by atoms with Gasteiger partial charge in [0.1, 0.15) is 5.75 Å². The molecule has 0 heterocycles. The third kappa shape index (κ3) is 18.0. The first-order valence-electron chi connectivity index (χ1n) is 42.0. The van der Waals surface area contributed by atoms with Crippen molar-refractivity contribution in [3.8, 4) is 5.75 Å². The molecule has 0 spiro atoms. The van der Waals surface area contributed by atoms with Gasteiger partial charge in [0.05, 0.1) is 7.11 Å². The maximum Gasteiger partial charge on any atom is 0.127 e. The Morgan fingerprint density at radius 1 is 0.291 bits per heavy atom. The predicted molar refractivity (Wildman–Crippen MR) is 490 cm³/mol. The van der Waals surface area contributed by atoms with Gasteiger partial charge in [-0.25, -0.2) is 0 Å². The summed E-state index contributed by atoms with van der Waals surface area (Å²) in [4.78, 5) is 0. The number of methoxy groups -OCH3 is 1. The van der Waals surface area contributed by atoms with Gasteiger partial charge in [-0.3, -0.25) is 0 Å². The van der Waals surface area contributed by atoms with Crippen molar-refractivity contribution in [2.24, 2.45) is 5.41 Å². The maximum absolute atomic E-state index is 5.67. The number of fused-ring (bicyclic) bond motifs is 8. The van der Waals surface area contributed by atoms with Crippen molar-refractivity contribution >= 4 is 86.2 Å². The first-order chi connectivity index (χ1) is 51.5. The molecule has 1 nitrogen and oxygen atoms in total. The zero-order valence-corrected chi connectivity index (χ0v) is 73.4. The molecule has 2 saturated carbocycles. The Bertz CT molecular complexity index is 5480. The fraction of sp³-hybridized carbons (Fsp3) is 0.431. The molecule has 1 heteroatoms. The fourth-order valence-corrected chi connectivity index (χ4v) is 18.8. The van der Waals surface area contributed by atoms with E-state index in [0.717, 1.165) is 17.6 Å². The SMILES string of the molecule is COc1cc(C(C)(C)C)c(C)c2cc3ccccc3cc12.Cc1c(C(C)(C)C)cc(C(C)(C)C)c2cc3ccccc3cc12.Cc1c(C(C)(C)C)cc(C(C)C)c2cc3ccccc3cc12.Cc1c(C(C)(C)C)cc(C2CCC(C)(C)CC2)c2ccccc12.Cc1c(C(C)(C)C)cc(C2CCCCC2)c2ccccc12. The molecule has 0 saturated heterocycles. The zero-order valence-electron chi connectivity index (χ0n) is 73.4. The average molecular weight is 1460 g/mol. The lowest BCUT2D eigenvalue weighted by molar-refractivity contribution is 0.225. The summed E-state index contributed by atoms with van der Waals surface area (Å²) < 4.78 is 5.67. The minimum absolute atomic E-state index is 0.108. The number of rotatable bonds is 4. The lowest BCUT2D eigenvalue weighted by Crippen LogP contribution is -2.21. The normalized spacial score (nSPS) is 14.8. The molecule has 2 aliphatic rings. The Labute approximate surface area is 665 Å². The van der Waals surface area contributed by atoms with Crippen molar-refractivity contribution in [1.82, 2.24) is 0 Å².